The number of hydrazine groups is 1. The van der Waals surface area contributed by atoms with Crippen LogP contribution in [0.3, 0.4) is 0 Å². The molecule has 1 heterocycles. The Balaban J connectivity index is 1.53. The van der Waals surface area contributed by atoms with Gasteiger partial charge in [0.2, 0.25) is 0 Å². The van der Waals surface area contributed by atoms with Crippen LogP contribution in [-0.2, 0) is 0 Å². The summed E-state index contributed by atoms with van der Waals surface area (Å²) in [7, 11) is 6.37. The van der Waals surface area contributed by atoms with E-state index in [9.17, 15) is 9.18 Å². The molecule has 168 valence electrons. The topological polar surface area (TPSA) is 72.1 Å². The Morgan fingerprint density at radius 3 is 2.32 bits per heavy atom. The van der Waals surface area contributed by atoms with Crippen LogP contribution in [0.15, 0.2) is 36.4 Å². The first kappa shape index (κ1) is 22.8. The number of halogens is 1. The van der Waals surface area contributed by atoms with Gasteiger partial charge in [0, 0.05) is 37.8 Å². The molecule has 1 amide bonds. The van der Waals surface area contributed by atoms with Gasteiger partial charge in [-0.3, -0.25) is 15.6 Å². The van der Waals surface area contributed by atoms with E-state index in [1.54, 1.807) is 36.2 Å². The zero-order chi connectivity index (χ0) is 22.4. The molecule has 0 aliphatic carbocycles. The fourth-order valence-electron chi connectivity index (χ4n) is 3.80. The van der Waals surface area contributed by atoms with Gasteiger partial charge in [-0.25, -0.2) is 4.39 Å². The number of methoxy groups -OCH3 is 3. The summed E-state index contributed by atoms with van der Waals surface area (Å²) in [6, 6.07) is 10.3. The van der Waals surface area contributed by atoms with Gasteiger partial charge in [0.05, 0.1) is 26.9 Å². The monoisotopic (exact) mass is 431 g/mol. The van der Waals surface area contributed by atoms with Crippen molar-refractivity contribution in [3.8, 4) is 17.2 Å². The Morgan fingerprint density at radius 2 is 1.68 bits per heavy atom. The molecule has 0 bridgehead atoms. The smallest absolute Gasteiger partial charge is 0.257 e. The number of nitrogens with one attached hydrogen (secondary N) is 2. The minimum absolute atomic E-state index is 0.139. The maximum Gasteiger partial charge on any atom is 0.257 e. The highest BCUT2D eigenvalue weighted by atomic mass is 19.1. The highest BCUT2D eigenvalue weighted by molar-refractivity contribution is 5.97. The number of amides is 1. The van der Waals surface area contributed by atoms with Crippen LogP contribution in [0.4, 0.5) is 4.39 Å². The number of carbonyl (C=O) groups excluding carboxylic acids is 1. The number of hydrogen-bond donors (Lipinski definition) is 2. The predicted octanol–water partition coefficient (Wildman–Crippen LogP) is 3.31. The van der Waals surface area contributed by atoms with Crippen LogP contribution in [0.1, 0.15) is 41.2 Å². The zero-order valence-corrected chi connectivity index (χ0v) is 18.4. The molecule has 0 spiro atoms. The Kier molecular flexibility index (Phi) is 7.70. The standard InChI is InChI=1S/C23H30FN3O4/c1-27(23(28)18-13-21(30-3)22(31-4)14-20(18)29-2)11-5-6-17-12-19(26-25-17)15-7-9-16(24)10-8-15/h7-10,13-14,17,19,25-26H,5-6,11-12H2,1-4H3. The van der Waals surface area contributed by atoms with Crippen LogP contribution in [-0.4, -0.2) is 51.8 Å². The summed E-state index contributed by atoms with van der Waals surface area (Å²) in [6.45, 7) is 0.607. The van der Waals surface area contributed by atoms with Crippen molar-refractivity contribution < 1.29 is 23.4 Å². The van der Waals surface area contributed by atoms with Crippen LogP contribution < -0.4 is 25.1 Å². The average molecular weight is 432 g/mol. The minimum atomic E-state index is -0.231. The van der Waals surface area contributed by atoms with Crippen molar-refractivity contribution in [2.45, 2.75) is 31.3 Å². The number of benzene rings is 2. The van der Waals surface area contributed by atoms with Crippen molar-refractivity contribution in [2.24, 2.45) is 0 Å². The summed E-state index contributed by atoms with van der Waals surface area (Å²) in [5.74, 6) is 1.06. The second-order valence-electron chi connectivity index (χ2n) is 7.60. The van der Waals surface area contributed by atoms with Gasteiger partial charge < -0.3 is 19.1 Å². The highest BCUT2D eigenvalue weighted by Crippen LogP contribution is 2.35. The molecule has 7 nitrogen and oxygen atoms in total. The van der Waals surface area contributed by atoms with E-state index in [2.05, 4.69) is 10.9 Å². The normalized spacial score (nSPS) is 18.0. The molecule has 31 heavy (non-hydrogen) atoms. The largest absolute Gasteiger partial charge is 0.496 e. The average Bonchev–Trinajstić information content (AvgIpc) is 3.26. The highest BCUT2D eigenvalue weighted by Gasteiger charge is 2.25. The first-order chi connectivity index (χ1) is 15.0. The summed E-state index contributed by atoms with van der Waals surface area (Å²) < 4.78 is 29.1. The Hall–Kier alpha value is -2.84. The van der Waals surface area contributed by atoms with E-state index in [1.807, 2.05) is 0 Å². The molecule has 2 atom stereocenters. The van der Waals surface area contributed by atoms with Gasteiger partial charge in [-0.05, 0) is 37.0 Å². The molecule has 1 aliphatic rings. The SMILES string of the molecule is COc1cc(OC)c(C(=O)N(C)CCCC2CC(c3ccc(F)cc3)NN2)cc1OC. The van der Waals surface area contributed by atoms with Crippen LogP contribution in [0.25, 0.3) is 0 Å². The number of ether oxygens (including phenoxy) is 3. The van der Waals surface area contributed by atoms with E-state index >= 15 is 0 Å². The van der Waals surface area contributed by atoms with E-state index in [-0.39, 0.29) is 23.8 Å². The second kappa shape index (κ2) is 10.5. The van der Waals surface area contributed by atoms with E-state index in [1.165, 1.54) is 33.5 Å². The van der Waals surface area contributed by atoms with Crippen molar-refractivity contribution in [1.29, 1.82) is 0 Å². The van der Waals surface area contributed by atoms with Crippen LogP contribution in [0.2, 0.25) is 0 Å². The molecule has 3 rings (SSSR count). The molecule has 1 saturated heterocycles. The minimum Gasteiger partial charge on any atom is -0.496 e. The van der Waals surface area contributed by atoms with E-state index < -0.39 is 0 Å². The zero-order valence-electron chi connectivity index (χ0n) is 18.4. The Labute approximate surface area is 182 Å². The molecule has 0 saturated carbocycles. The van der Waals surface area contributed by atoms with Crippen molar-refractivity contribution in [1.82, 2.24) is 15.8 Å². The second-order valence-corrected chi connectivity index (χ2v) is 7.60. The summed E-state index contributed by atoms with van der Waals surface area (Å²) in [6.07, 6.45) is 2.66. The maximum absolute atomic E-state index is 13.1. The van der Waals surface area contributed by atoms with Gasteiger partial charge in [0.25, 0.3) is 5.91 Å². The van der Waals surface area contributed by atoms with E-state index in [4.69, 9.17) is 14.2 Å². The third kappa shape index (κ3) is 5.45. The van der Waals surface area contributed by atoms with Crippen molar-refractivity contribution >= 4 is 5.91 Å². The van der Waals surface area contributed by atoms with Gasteiger partial charge in [-0.1, -0.05) is 12.1 Å². The fourth-order valence-corrected chi connectivity index (χ4v) is 3.80. The molecular weight excluding hydrogens is 401 g/mol. The summed E-state index contributed by atoms with van der Waals surface area (Å²) in [4.78, 5) is 14.7. The summed E-state index contributed by atoms with van der Waals surface area (Å²) in [5.41, 5.74) is 8.06. The van der Waals surface area contributed by atoms with Crippen molar-refractivity contribution in [2.75, 3.05) is 34.9 Å². The molecule has 2 aromatic rings. The van der Waals surface area contributed by atoms with Crippen LogP contribution >= 0.6 is 0 Å². The molecule has 1 aliphatic heterocycles. The number of carbonyl (C=O) groups is 1. The van der Waals surface area contributed by atoms with Gasteiger partial charge in [-0.15, -0.1) is 0 Å². The lowest BCUT2D eigenvalue weighted by atomic mass is 9.99. The lowest BCUT2D eigenvalue weighted by molar-refractivity contribution is 0.0788. The lowest BCUT2D eigenvalue weighted by Crippen LogP contribution is -2.32. The van der Waals surface area contributed by atoms with Gasteiger partial charge in [-0.2, -0.15) is 0 Å². The molecule has 8 heteroatoms. The van der Waals surface area contributed by atoms with Gasteiger partial charge in [0.15, 0.2) is 11.5 Å². The first-order valence-corrected chi connectivity index (χ1v) is 10.3. The molecular formula is C23H30FN3O4. The molecule has 0 aromatic heterocycles. The predicted molar refractivity (Wildman–Crippen MR) is 116 cm³/mol. The summed E-state index contributed by atoms with van der Waals surface area (Å²) >= 11 is 0. The number of hydrogen-bond acceptors (Lipinski definition) is 6. The molecule has 1 fully saturated rings. The van der Waals surface area contributed by atoms with Crippen LogP contribution in [0, 0.1) is 5.82 Å². The van der Waals surface area contributed by atoms with Crippen molar-refractivity contribution in [3.05, 3.63) is 53.3 Å². The van der Waals surface area contributed by atoms with E-state index in [0.29, 0.717) is 29.4 Å². The Bertz CT molecular complexity index is 891. The lowest BCUT2D eigenvalue weighted by Gasteiger charge is -2.20. The molecule has 2 aromatic carbocycles. The molecule has 0 radical (unpaired) electrons. The number of nitrogens with zero attached hydrogens (tertiary/aromatic N) is 1. The Morgan fingerprint density at radius 1 is 1.03 bits per heavy atom. The summed E-state index contributed by atoms with van der Waals surface area (Å²) in [5, 5.41) is 0. The molecule has 2 N–H and O–H groups in total. The fraction of sp³-hybridized carbons (Fsp3) is 0.435. The maximum atomic E-state index is 13.1. The van der Waals surface area contributed by atoms with Crippen LogP contribution in [0.5, 0.6) is 17.2 Å². The quantitative estimate of drug-likeness (QED) is 0.635. The van der Waals surface area contributed by atoms with Crippen molar-refractivity contribution in [3.63, 3.8) is 0 Å². The van der Waals surface area contributed by atoms with Gasteiger partial charge in [0.1, 0.15) is 11.6 Å². The van der Waals surface area contributed by atoms with Gasteiger partial charge >= 0.3 is 0 Å². The third-order valence-electron chi connectivity index (χ3n) is 5.58. The number of rotatable bonds is 9. The first-order valence-electron chi connectivity index (χ1n) is 10.3. The third-order valence-corrected chi connectivity index (χ3v) is 5.58. The molecule has 2 unspecified atom stereocenters. The van der Waals surface area contributed by atoms with E-state index in [0.717, 1.165) is 24.8 Å².